The molecule has 0 saturated carbocycles. The Hall–Kier alpha value is -1.41. The lowest BCUT2D eigenvalue weighted by Gasteiger charge is -2.35. The van der Waals surface area contributed by atoms with Crippen molar-refractivity contribution in [2.24, 2.45) is 0 Å². The lowest BCUT2D eigenvalue weighted by atomic mass is 10.1. The van der Waals surface area contributed by atoms with Crippen LogP contribution in [0, 0.1) is 11.3 Å². The number of rotatable bonds is 4. The summed E-state index contributed by atoms with van der Waals surface area (Å²) < 4.78 is 0. The first-order valence-electron chi connectivity index (χ1n) is 6.77. The minimum absolute atomic E-state index is 0.0194. The van der Waals surface area contributed by atoms with Gasteiger partial charge in [-0.3, -0.25) is 9.80 Å². The smallest absolute Gasteiger partial charge is 0.0950 e. The van der Waals surface area contributed by atoms with Crippen LogP contribution in [0.25, 0.3) is 0 Å². The van der Waals surface area contributed by atoms with Gasteiger partial charge in [-0.1, -0.05) is 24.3 Å². The molecule has 2 rings (SSSR count). The molecule has 1 fully saturated rings. The molecular weight excluding hydrogens is 238 g/mol. The highest BCUT2D eigenvalue weighted by Crippen LogP contribution is 2.11. The Morgan fingerprint density at radius 3 is 2.26 bits per heavy atom. The number of aliphatic hydroxyl groups is 1. The molecule has 0 amide bonds. The molecule has 1 unspecified atom stereocenters. The molecule has 0 spiro atoms. The van der Waals surface area contributed by atoms with E-state index in [4.69, 9.17) is 10.4 Å². The first-order valence-corrected chi connectivity index (χ1v) is 6.77. The van der Waals surface area contributed by atoms with E-state index >= 15 is 0 Å². The lowest BCUT2D eigenvalue weighted by molar-refractivity contribution is 0.114. The summed E-state index contributed by atoms with van der Waals surface area (Å²) in [5, 5.41) is 17.9. The summed E-state index contributed by atoms with van der Waals surface area (Å²) >= 11 is 0. The van der Waals surface area contributed by atoms with Gasteiger partial charge in [0.1, 0.15) is 0 Å². The van der Waals surface area contributed by atoms with Crippen LogP contribution in [-0.2, 0) is 13.2 Å². The van der Waals surface area contributed by atoms with Crippen LogP contribution in [0.15, 0.2) is 24.3 Å². The molecule has 4 nitrogen and oxygen atoms in total. The first kappa shape index (κ1) is 14.0. The standard InChI is InChI=1S/C15H21N3O/c1-13(10-16)18-8-6-17(7-9-18)11-14-2-4-15(12-19)5-3-14/h2-5,13,19H,6-9,11-12H2,1H3. The summed E-state index contributed by atoms with van der Waals surface area (Å²) in [5.41, 5.74) is 2.23. The fourth-order valence-electron chi connectivity index (χ4n) is 2.40. The van der Waals surface area contributed by atoms with E-state index in [0.29, 0.717) is 0 Å². The Labute approximate surface area is 114 Å². The van der Waals surface area contributed by atoms with Crippen LogP contribution in [0.3, 0.4) is 0 Å². The largest absolute Gasteiger partial charge is 0.392 e. The van der Waals surface area contributed by atoms with E-state index in [1.807, 2.05) is 19.1 Å². The maximum Gasteiger partial charge on any atom is 0.0950 e. The third-order valence-electron chi connectivity index (χ3n) is 3.75. The van der Waals surface area contributed by atoms with Crippen molar-refractivity contribution in [2.75, 3.05) is 26.2 Å². The van der Waals surface area contributed by atoms with E-state index < -0.39 is 0 Å². The molecule has 1 aliphatic heterocycles. The number of nitrogens with zero attached hydrogens (tertiary/aromatic N) is 3. The van der Waals surface area contributed by atoms with Crippen molar-refractivity contribution in [1.82, 2.24) is 9.80 Å². The van der Waals surface area contributed by atoms with Crippen molar-refractivity contribution in [3.63, 3.8) is 0 Å². The zero-order valence-electron chi connectivity index (χ0n) is 11.4. The molecule has 0 aromatic heterocycles. The van der Waals surface area contributed by atoms with Gasteiger partial charge in [-0.2, -0.15) is 5.26 Å². The van der Waals surface area contributed by atoms with E-state index in [0.717, 1.165) is 38.3 Å². The molecule has 1 atom stereocenters. The molecule has 4 heteroatoms. The van der Waals surface area contributed by atoms with Crippen LogP contribution < -0.4 is 0 Å². The minimum atomic E-state index is 0.0194. The quantitative estimate of drug-likeness (QED) is 0.883. The van der Waals surface area contributed by atoms with Crippen LogP contribution in [0.1, 0.15) is 18.1 Å². The Kier molecular flexibility index (Phi) is 4.92. The summed E-state index contributed by atoms with van der Waals surface area (Å²) in [6, 6.07) is 10.4. The highest BCUT2D eigenvalue weighted by Gasteiger charge is 2.20. The Morgan fingerprint density at radius 1 is 1.16 bits per heavy atom. The first-order chi connectivity index (χ1) is 9.22. The fraction of sp³-hybridized carbons (Fsp3) is 0.533. The van der Waals surface area contributed by atoms with Crippen molar-refractivity contribution in [3.8, 4) is 6.07 Å². The summed E-state index contributed by atoms with van der Waals surface area (Å²) in [6.07, 6.45) is 0. The Balaban J connectivity index is 1.83. The van der Waals surface area contributed by atoms with Gasteiger partial charge in [0.05, 0.1) is 18.7 Å². The lowest BCUT2D eigenvalue weighted by Crippen LogP contribution is -2.48. The van der Waals surface area contributed by atoms with Crippen LogP contribution >= 0.6 is 0 Å². The Morgan fingerprint density at radius 2 is 1.74 bits per heavy atom. The summed E-state index contributed by atoms with van der Waals surface area (Å²) in [7, 11) is 0. The zero-order chi connectivity index (χ0) is 13.7. The van der Waals surface area contributed by atoms with Gasteiger partial charge < -0.3 is 5.11 Å². The molecule has 19 heavy (non-hydrogen) atoms. The monoisotopic (exact) mass is 259 g/mol. The van der Waals surface area contributed by atoms with Crippen LogP contribution in [0.2, 0.25) is 0 Å². The van der Waals surface area contributed by atoms with Gasteiger partial charge in [0, 0.05) is 32.7 Å². The number of aliphatic hydroxyl groups excluding tert-OH is 1. The molecule has 0 bridgehead atoms. The predicted octanol–water partition coefficient (Wildman–Crippen LogP) is 1.21. The average molecular weight is 259 g/mol. The summed E-state index contributed by atoms with van der Waals surface area (Å²) in [4.78, 5) is 4.64. The number of nitriles is 1. The highest BCUT2D eigenvalue weighted by atomic mass is 16.3. The number of piperazine rings is 1. The molecular formula is C15H21N3O. The van der Waals surface area contributed by atoms with Gasteiger partial charge in [0.25, 0.3) is 0 Å². The van der Waals surface area contributed by atoms with E-state index in [1.165, 1.54) is 5.56 Å². The highest BCUT2D eigenvalue weighted by molar-refractivity contribution is 5.21. The number of hydrogen-bond donors (Lipinski definition) is 1. The molecule has 0 aliphatic carbocycles. The second kappa shape index (κ2) is 6.67. The third kappa shape index (κ3) is 3.77. The number of benzene rings is 1. The second-order valence-corrected chi connectivity index (χ2v) is 5.09. The normalized spacial score (nSPS) is 19.0. The SMILES string of the molecule is CC(C#N)N1CCN(Cc2ccc(CO)cc2)CC1. The predicted molar refractivity (Wildman–Crippen MR) is 74.3 cm³/mol. The van der Waals surface area contributed by atoms with E-state index in [1.54, 1.807) is 0 Å². The molecule has 1 saturated heterocycles. The summed E-state index contributed by atoms with van der Waals surface area (Å²) in [6.45, 7) is 6.95. The van der Waals surface area contributed by atoms with Crippen LogP contribution in [-0.4, -0.2) is 47.1 Å². The topological polar surface area (TPSA) is 50.5 Å². The van der Waals surface area contributed by atoms with Crippen molar-refractivity contribution in [1.29, 1.82) is 5.26 Å². The van der Waals surface area contributed by atoms with E-state index in [-0.39, 0.29) is 12.6 Å². The minimum Gasteiger partial charge on any atom is -0.392 e. The summed E-state index contributed by atoms with van der Waals surface area (Å²) in [5.74, 6) is 0. The van der Waals surface area contributed by atoms with Crippen LogP contribution in [0.5, 0.6) is 0 Å². The zero-order valence-corrected chi connectivity index (χ0v) is 11.4. The molecule has 1 N–H and O–H groups in total. The van der Waals surface area contributed by atoms with E-state index in [9.17, 15) is 0 Å². The Bertz CT molecular complexity index is 430. The molecule has 1 aromatic carbocycles. The van der Waals surface area contributed by atoms with Crippen molar-refractivity contribution in [2.45, 2.75) is 26.1 Å². The van der Waals surface area contributed by atoms with Crippen molar-refractivity contribution >= 4 is 0 Å². The van der Waals surface area contributed by atoms with E-state index in [2.05, 4.69) is 28.0 Å². The molecule has 1 aromatic rings. The average Bonchev–Trinajstić information content (AvgIpc) is 2.48. The molecule has 1 aliphatic rings. The van der Waals surface area contributed by atoms with Gasteiger partial charge in [-0.15, -0.1) is 0 Å². The van der Waals surface area contributed by atoms with Gasteiger partial charge in [0.15, 0.2) is 0 Å². The molecule has 102 valence electrons. The maximum atomic E-state index is 9.01. The number of hydrogen-bond acceptors (Lipinski definition) is 4. The van der Waals surface area contributed by atoms with Gasteiger partial charge in [-0.05, 0) is 18.1 Å². The van der Waals surface area contributed by atoms with Gasteiger partial charge in [-0.25, -0.2) is 0 Å². The van der Waals surface area contributed by atoms with Crippen molar-refractivity contribution < 1.29 is 5.11 Å². The fourth-order valence-corrected chi connectivity index (χ4v) is 2.40. The molecule has 1 heterocycles. The third-order valence-corrected chi connectivity index (χ3v) is 3.75. The van der Waals surface area contributed by atoms with Crippen molar-refractivity contribution in [3.05, 3.63) is 35.4 Å². The molecule has 0 radical (unpaired) electrons. The maximum absolute atomic E-state index is 9.01. The van der Waals surface area contributed by atoms with Crippen LogP contribution in [0.4, 0.5) is 0 Å². The second-order valence-electron chi connectivity index (χ2n) is 5.09. The van der Waals surface area contributed by atoms with Gasteiger partial charge in [0.2, 0.25) is 0 Å². The van der Waals surface area contributed by atoms with Gasteiger partial charge >= 0.3 is 0 Å².